The second-order valence-electron chi connectivity index (χ2n) is 3.62. The fourth-order valence-electron chi connectivity index (χ4n) is 1.95. The molecular weight excluding hydrogens is 247 g/mol. The third-order valence-electron chi connectivity index (χ3n) is 2.66. The van der Waals surface area contributed by atoms with Gasteiger partial charge in [0.05, 0.1) is 10.0 Å². The van der Waals surface area contributed by atoms with Gasteiger partial charge in [0.1, 0.15) is 5.82 Å². The molecule has 0 heterocycles. The molecule has 1 aliphatic rings. The van der Waals surface area contributed by atoms with Gasteiger partial charge in [-0.2, -0.15) is 0 Å². The van der Waals surface area contributed by atoms with E-state index in [2.05, 4.69) is 15.9 Å². The number of fused-ring (bicyclic) bond motifs is 1. The zero-order valence-corrected chi connectivity index (χ0v) is 9.45. The molecule has 0 saturated carbocycles. The minimum atomic E-state index is -0.393. The molecule has 1 aromatic rings. The average Bonchev–Trinajstić information content (AvgIpc) is 2.14. The van der Waals surface area contributed by atoms with Crippen molar-refractivity contribution in [3.8, 4) is 0 Å². The third kappa shape index (κ3) is 1.40. The Morgan fingerprint density at radius 3 is 2.86 bits per heavy atom. The largest absolute Gasteiger partial charge is 0.294 e. The van der Waals surface area contributed by atoms with Crippen LogP contribution in [0.4, 0.5) is 4.39 Å². The zero-order chi connectivity index (χ0) is 10.3. The Bertz CT molecular complexity index is 412. The molecule has 3 heteroatoms. The van der Waals surface area contributed by atoms with Crippen molar-refractivity contribution in [3.63, 3.8) is 0 Å². The van der Waals surface area contributed by atoms with Crippen LogP contribution in [0.3, 0.4) is 0 Å². The van der Waals surface area contributed by atoms with Gasteiger partial charge in [-0.1, -0.05) is 0 Å². The molecule has 74 valence electrons. The maximum Gasteiger partial charge on any atom is 0.166 e. The van der Waals surface area contributed by atoms with E-state index in [9.17, 15) is 9.18 Å². The lowest BCUT2D eigenvalue weighted by Gasteiger charge is -2.18. The Hall–Kier alpha value is -0.700. The molecule has 1 nitrogen and oxygen atoms in total. The number of rotatable bonds is 0. The zero-order valence-electron chi connectivity index (χ0n) is 7.86. The number of ketones is 1. The van der Waals surface area contributed by atoms with Crippen molar-refractivity contribution in [2.75, 3.05) is 0 Å². The summed E-state index contributed by atoms with van der Waals surface area (Å²) in [5, 5.41) is 0. The van der Waals surface area contributed by atoms with Gasteiger partial charge in [-0.3, -0.25) is 4.79 Å². The molecule has 0 saturated heterocycles. The van der Waals surface area contributed by atoms with Crippen LogP contribution in [0.2, 0.25) is 0 Å². The van der Waals surface area contributed by atoms with Crippen LogP contribution in [0.5, 0.6) is 0 Å². The Morgan fingerprint density at radius 2 is 2.14 bits per heavy atom. The minimum absolute atomic E-state index is 0.0619. The van der Waals surface area contributed by atoms with E-state index in [0.29, 0.717) is 16.5 Å². The maximum absolute atomic E-state index is 13.6. The van der Waals surface area contributed by atoms with Crippen molar-refractivity contribution in [2.24, 2.45) is 0 Å². The third-order valence-corrected chi connectivity index (χ3v) is 3.24. The predicted molar refractivity (Wildman–Crippen MR) is 56.1 cm³/mol. The van der Waals surface area contributed by atoms with Crippen molar-refractivity contribution >= 4 is 21.7 Å². The number of hydrogen-bond donors (Lipinski definition) is 0. The van der Waals surface area contributed by atoms with Crippen molar-refractivity contribution in [3.05, 3.63) is 33.0 Å². The van der Waals surface area contributed by atoms with Crippen LogP contribution >= 0.6 is 15.9 Å². The lowest BCUT2D eigenvalue weighted by atomic mass is 9.87. The summed E-state index contributed by atoms with van der Waals surface area (Å²) in [5.41, 5.74) is 2.20. The first-order chi connectivity index (χ1) is 6.61. The SMILES string of the molecule is Cc1cc(Br)c(F)c2c1CCCC2=O. The van der Waals surface area contributed by atoms with Crippen molar-refractivity contribution in [2.45, 2.75) is 26.2 Å². The van der Waals surface area contributed by atoms with Gasteiger partial charge in [-0.25, -0.2) is 4.39 Å². The Morgan fingerprint density at radius 1 is 1.43 bits per heavy atom. The molecule has 0 aromatic heterocycles. The van der Waals surface area contributed by atoms with Crippen LogP contribution in [-0.4, -0.2) is 5.78 Å². The highest BCUT2D eigenvalue weighted by atomic mass is 79.9. The molecular formula is C11H10BrFO. The molecule has 0 radical (unpaired) electrons. The van der Waals surface area contributed by atoms with E-state index in [1.165, 1.54) is 0 Å². The molecule has 1 aliphatic carbocycles. The summed E-state index contributed by atoms with van der Waals surface area (Å²) < 4.78 is 14.0. The molecule has 14 heavy (non-hydrogen) atoms. The van der Waals surface area contributed by atoms with Crippen LogP contribution in [-0.2, 0) is 6.42 Å². The van der Waals surface area contributed by atoms with Gasteiger partial charge in [-0.15, -0.1) is 0 Å². The van der Waals surface area contributed by atoms with Crippen LogP contribution in [0.25, 0.3) is 0 Å². The summed E-state index contributed by atoms with van der Waals surface area (Å²) in [7, 11) is 0. The molecule has 0 N–H and O–H groups in total. The van der Waals surface area contributed by atoms with Crippen molar-refractivity contribution < 1.29 is 9.18 Å². The number of carbonyl (C=O) groups is 1. The summed E-state index contributed by atoms with van der Waals surface area (Å²) in [6.45, 7) is 1.92. The smallest absolute Gasteiger partial charge is 0.166 e. The lowest BCUT2D eigenvalue weighted by molar-refractivity contribution is 0.0968. The van der Waals surface area contributed by atoms with Crippen LogP contribution in [0, 0.1) is 12.7 Å². The van der Waals surface area contributed by atoms with Gasteiger partial charge in [0.15, 0.2) is 5.78 Å². The summed E-state index contributed by atoms with van der Waals surface area (Å²) in [6, 6.07) is 1.74. The molecule has 0 aliphatic heterocycles. The average molecular weight is 257 g/mol. The monoisotopic (exact) mass is 256 g/mol. The van der Waals surface area contributed by atoms with E-state index < -0.39 is 5.82 Å². The normalized spacial score (nSPS) is 15.5. The Labute approximate surface area is 90.4 Å². The number of carbonyl (C=O) groups excluding carboxylic acids is 1. The molecule has 0 amide bonds. The molecule has 0 fully saturated rings. The predicted octanol–water partition coefficient (Wildman–Crippen LogP) is 3.42. The highest BCUT2D eigenvalue weighted by Gasteiger charge is 2.24. The first-order valence-corrected chi connectivity index (χ1v) is 5.41. The van der Waals surface area contributed by atoms with E-state index in [1.807, 2.05) is 6.92 Å². The van der Waals surface area contributed by atoms with Crippen LogP contribution < -0.4 is 0 Å². The molecule has 1 aromatic carbocycles. The van der Waals surface area contributed by atoms with Crippen LogP contribution in [0.15, 0.2) is 10.5 Å². The van der Waals surface area contributed by atoms with Gasteiger partial charge in [0, 0.05) is 6.42 Å². The molecule has 0 bridgehead atoms. The summed E-state index contributed by atoms with van der Waals surface area (Å²) in [6.07, 6.45) is 2.13. The lowest BCUT2D eigenvalue weighted by Crippen LogP contribution is -2.15. The van der Waals surface area contributed by atoms with Gasteiger partial charge in [0.25, 0.3) is 0 Å². The first kappa shape index (κ1) is 9.84. The van der Waals surface area contributed by atoms with Gasteiger partial charge >= 0.3 is 0 Å². The van der Waals surface area contributed by atoms with E-state index >= 15 is 0 Å². The van der Waals surface area contributed by atoms with Crippen molar-refractivity contribution in [1.29, 1.82) is 0 Å². The molecule has 2 rings (SSSR count). The number of halogens is 2. The van der Waals surface area contributed by atoms with Gasteiger partial charge in [-0.05, 0) is 52.9 Å². The maximum atomic E-state index is 13.6. The Kier molecular flexibility index (Phi) is 2.43. The van der Waals surface area contributed by atoms with Crippen molar-refractivity contribution in [1.82, 2.24) is 0 Å². The second-order valence-corrected chi connectivity index (χ2v) is 4.47. The van der Waals surface area contributed by atoms with E-state index in [0.717, 1.165) is 24.0 Å². The molecule has 0 atom stereocenters. The number of aryl methyl sites for hydroxylation is 1. The number of benzene rings is 1. The van der Waals surface area contributed by atoms with Gasteiger partial charge in [0.2, 0.25) is 0 Å². The van der Waals surface area contributed by atoms with E-state index in [-0.39, 0.29) is 5.78 Å². The highest BCUT2D eigenvalue weighted by molar-refractivity contribution is 9.10. The highest BCUT2D eigenvalue weighted by Crippen LogP contribution is 2.31. The Balaban J connectivity index is 2.73. The van der Waals surface area contributed by atoms with E-state index in [4.69, 9.17) is 0 Å². The second kappa shape index (κ2) is 3.46. The molecule has 0 unspecified atom stereocenters. The number of hydrogen-bond acceptors (Lipinski definition) is 1. The first-order valence-electron chi connectivity index (χ1n) is 4.62. The fraction of sp³-hybridized carbons (Fsp3) is 0.364. The quantitative estimate of drug-likeness (QED) is 0.696. The fourth-order valence-corrected chi connectivity index (χ4v) is 2.49. The van der Waals surface area contributed by atoms with Gasteiger partial charge < -0.3 is 0 Å². The summed E-state index contributed by atoms with van der Waals surface area (Å²) in [4.78, 5) is 11.5. The molecule has 0 spiro atoms. The number of Topliss-reactive ketones (excluding diaryl/α,β-unsaturated/α-hetero) is 1. The minimum Gasteiger partial charge on any atom is -0.294 e. The topological polar surface area (TPSA) is 17.1 Å². The summed E-state index contributed by atoms with van der Waals surface area (Å²) in [5.74, 6) is -0.455. The van der Waals surface area contributed by atoms with Crippen LogP contribution in [0.1, 0.15) is 34.3 Å². The van der Waals surface area contributed by atoms with E-state index in [1.54, 1.807) is 6.07 Å². The summed E-state index contributed by atoms with van der Waals surface area (Å²) >= 11 is 3.13. The standard InChI is InChI=1S/C11H10BrFO/c1-6-5-8(12)11(13)10-7(6)3-2-4-9(10)14/h5H,2-4H2,1H3.